The average molecular weight is 329 g/mol. The third-order valence-electron chi connectivity index (χ3n) is 2.52. The van der Waals surface area contributed by atoms with Crippen molar-refractivity contribution in [2.24, 2.45) is 0 Å². The Morgan fingerprint density at radius 2 is 1.79 bits per heavy atom. The summed E-state index contributed by atoms with van der Waals surface area (Å²) in [5, 5.41) is 9.21. The third kappa shape index (κ3) is 3.52. The van der Waals surface area contributed by atoms with Crippen LogP contribution in [0.25, 0.3) is 0 Å². The van der Waals surface area contributed by atoms with E-state index in [9.17, 15) is 13.9 Å². The third-order valence-corrected chi connectivity index (χ3v) is 3.15. The molecule has 1 N–H and O–H groups in total. The van der Waals surface area contributed by atoms with Gasteiger partial charge in [0.2, 0.25) is 0 Å². The van der Waals surface area contributed by atoms with E-state index in [-0.39, 0.29) is 13.2 Å². The molecule has 0 fully saturated rings. The van der Waals surface area contributed by atoms with E-state index in [0.717, 1.165) is 6.07 Å². The number of halogens is 3. The molecule has 0 amide bonds. The quantitative estimate of drug-likeness (QED) is 0.925. The maximum absolute atomic E-state index is 13.0. The lowest BCUT2D eigenvalue weighted by Gasteiger charge is -2.12. The molecule has 0 aromatic heterocycles. The van der Waals surface area contributed by atoms with Crippen LogP contribution in [-0.4, -0.2) is 5.11 Å². The van der Waals surface area contributed by atoms with E-state index in [1.807, 2.05) is 0 Å². The fourth-order valence-corrected chi connectivity index (χ4v) is 2.21. The van der Waals surface area contributed by atoms with Gasteiger partial charge in [-0.2, -0.15) is 0 Å². The first kappa shape index (κ1) is 14.0. The number of aliphatic hydroxyl groups excluding tert-OH is 1. The maximum Gasteiger partial charge on any atom is 0.139 e. The van der Waals surface area contributed by atoms with Gasteiger partial charge in [-0.1, -0.05) is 12.1 Å². The van der Waals surface area contributed by atoms with Gasteiger partial charge in [-0.15, -0.1) is 0 Å². The summed E-state index contributed by atoms with van der Waals surface area (Å²) < 4.78 is 32.3. The van der Waals surface area contributed by atoms with E-state index in [2.05, 4.69) is 15.9 Å². The Morgan fingerprint density at radius 1 is 1.11 bits per heavy atom. The van der Waals surface area contributed by atoms with Crippen LogP contribution in [0, 0.1) is 11.6 Å². The SMILES string of the molecule is OCc1cccc(Br)c1OCc1cc(F)cc(F)c1. The Kier molecular flexibility index (Phi) is 4.50. The first-order chi connectivity index (χ1) is 9.10. The van der Waals surface area contributed by atoms with Crippen molar-refractivity contribution in [3.8, 4) is 5.75 Å². The predicted octanol–water partition coefficient (Wildman–Crippen LogP) is 3.80. The maximum atomic E-state index is 13.0. The van der Waals surface area contributed by atoms with Gasteiger partial charge >= 0.3 is 0 Å². The normalized spacial score (nSPS) is 10.5. The minimum Gasteiger partial charge on any atom is -0.487 e. The van der Waals surface area contributed by atoms with Crippen molar-refractivity contribution in [2.45, 2.75) is 13.2 Å². The van der Waals surface area contributed by atoms with Gasteiger partial charge in [-0.3, -0.25) is 0 Å². The zero-order valence-electron chi connectivity index (χ0n) is 9.87. The largest absolute Gasteiger partial charge is 0.487 e. The lowest BCUT2D eigenvalue weighted by atomic mass is 10.2. The van der Waals surface area contributed by atoms with Crippen LogP contribution in [0.1, 0.15) is 11.1 Å². The number of ether oxygens (including phenoxy) is 1. The second-order valence-electron chi connectivity index (χ2n) is 3.95. The van der Waals surface area contributed by atoms with Gasteiger partial charge in [0.05, 0.1) is 11.1 Å². The highest BCUT2D eigenvalue weighted by Crippen LogP contribution is 2.29. The molecule has 0 aliphatic carbocycles. The highest BCUT2D eigenvalue weighted by molar-refractivity contribution is 9.10. The number of hydrogen-bond acceptors (Lipinski definition) is 2. The summed E-state index contributed by atoms with van der Waals surface area (Å²) in [6, 6.07) is 8.47. The van der Waals surface area contributed by atoms with E-state index in [0.29, 0.717) is 21.3 Å². The minimum atomic E-state index is -0.645. The molecule has 0 atom stereocenters. The molecule has 2 nitrogen and oxygen atoms in total. The molecule has 5 heteroatoms. The van der Waals surface area contributed by atoms with Crippen molar-refractivity contribution in [1.29, 1.82) is 0 Å². The van der Waals surface area contributed by atoms with Crippen molar-refractivity contribution in [3.63, 3.8) is 0 Å². The molecule has 2 aromatic carbocycles. The molecule has 100 valence electrons. The average Bonchev–Trinajstić information content (AvgIpc) is 2.36. The van der Waals surface area contributed by atoms with Crippen LogP contribution in [0.3, 0.4) is 0 Å². The van der Waals surface area contributed by atoms with Gasteiger partial charge in [0, 0.05) is 11.6 Å². The summed E-state index contributed by atoms with van der Waals surface area (Å²) in [5.74, 6) is -0.823. The first-order valence-corrected chi connectivity index (χ1v) is 6.35. The fraction of sp³-hybridized carbons (Fsp3) is 0.143. The van der Waals surface area contributed by atoms with Crippen molar-refractivity contribution in [1.82, 2.24) is 0 Å². The predicted molar refractivity (Wildman–Crippen MR) is 70.8 cm³/mol. The molecule has 2 rings (SSSR count). The molecule has 0 heterocycles. The Labute approximate surface area is 117 Å². The zero-order chi connectivity index (χ0) is 13.8. The van der Waals surface area contributed by atoms with Crippen molar-refractivity contribution in [3.05, 3.63) is 63.6 Å². The van der Waals surface area contributed by atoms with Gasteiger partial charge < -0.3 is 9.84 Å². The van der Waals surface area contributed by atoms with Crippen molar-refractivity contribution >= 4 is 15.9 Å². The van der Waals surface area contributed by atoms with Crippen LogP contribution < -0.4 is 4.74 Å². The Bertz CT molecular complexity index is 567. The van der Waals surface area contributed by atoms with Crippen molar-refractivity contribution in [2.75, 3.05) is 0 Å². The second-order valence-corrected chi connectivity index (χ2v) is 4.81. The molecule has 0 aliphatic rings. The molecular weight excluding hydrogens is 318 g/mol. The number of benzene rings is 2. The molecule has 19 heavy (non-hydrogen) atoms. The standard InChI is InChI=1S/C14H11BrF2O2/c15-13-3-1-2-10(7-18)14(13)19-8-9-4-11(16)6-12(17)5-9/h1-6,18H,7-8H2. The summed E-state index contributed by atoms with van der Waals surface area (Å²) in [6.45, 7) is -0.156. The highest BCUT2D eigenvalue weighted by Gasteiger charge is 2.08. The number of hydrogen-bond donors (Lipinski definition) is 1. The van der Waals surface area contributed by atoms with E-state index >= 15 is 0 Å². The van der Waals surface area contributed by atoms with E-state index in [4.69, 9.17) is 4.74 Å². The summed E-state index contributed by atoms with van der Waals surface area (Å²) in [7, 11) is 0. The van der Waals surface area contributed by atoms with Gasteiger partial charge in [-0.05, 0) is 39.7 Å². The Morgan fingerprint density at radius 3 is 2.42 bits per heavy atom. The fourth-order valence-electron chi connectivity index (χ4n) is 1.69. The van der Waals surface area contributed by atoms with Crippen LogP contribution in [0.2, 0.25) is 0 Å². The minimum absolute atomic E-state index is 0.0181. The molecule has 2 aromatic rings. The zero-order valence-corrected chi connectivity index (χ0v) is 11.5. The van der Waals surface area contributed by atoms with Crippen LogP contribution >= 0.6 is 15.9 Å². The molecule has 0 aliphatic heterocycles. The van der Waals surface area contributed by atoms with Crippen LogP contribution in [0.15, 0.2) is 40.9 Å². The second kappa shape index (κ2) is 6.12. The van der Waals surface area contributed by atoms with E-state index in [1.165, 1.54) is 12.1 Å². The lowest BCUT2D eigenvalue weighted by Crippen LogP contribution is -2.00. The van der Waals surface area contributed by atoms with Gasteiger partial charge in [0.25, 0.3) is 0 Å². The molecule has 0 bridgehead atoms. The van der Waals surface area contributed by atoms with Crippen LogP contribution in [0.5, 0.6) is 5.75 Å². The number of aliphatic hydroxyl groups is 1. The monoisotopic (exact) mass is 328 g/mol. The summed E-state index contributed by atoms with van der Waals surface area (Å²) in [4.78, 5) is 0. The number of para-hydroxylation sites is 1. The molecular formula is C14H11BrF2O2. The van der Waals surface area contributed by atoms with Gasteiger partial charge in [-0.25, -0.2) is 8.78 Å². The lowest BCUT2D eigenvalue weighted by molar-refractivity contribution is 0.257. The first-order valence-electron chi connectivity index (χ1n) is 5.56. The smallest absolute Gasteiger partial charge is 0.139 e. The highest BCUT2D eigenvalue weighted by atomic mass is 79.9. The molecule has 0 spiro atoms. The molecule has 0 unspecified atom stereocenters. The summed E-state index contributed by atoms with van der Waals surface area (Å²) in [6.07, 6.45) is 0. The molecule has 0 saturated carbocycles. The number of rotatable bonds is 4. The molecule has 0 saturated heterocycles. The van der Waals surface area contributed by atoms with Crippen LogP contribution in [0.4, 0.5) is 8.78 Å². The van der Waals surface area contributed by atoms with E-state index in [1.54, 1.807) is 18.2 Å². The Hall–Kier alpha value is -1.46. The van der Waals surface area contributed by atoms with Crippen LogP contribution in [-0.2, 0) is 13.2 Å². The summed E-state index contributed by atoms with van der Waals surface area (Å²) in [5.41, 5.74) is 0.989. The topological polar surface area (TPSA) is 29.5 Å². The van der Waals surface area contributed by atoms with Gasteiger partial charge in [0.1, 0.15) is 24.0 Å². The molecule has 0 radical (unpaired) electrons. The van der Waals surface area contributed by atoms with Gasteiger partial charge in [0.15, 0.2) is 0 Å². The van der Waals surface area contributed by atoms with E-state index < -0.39 is 11.6 Å². The summed E-state index contributed by atoms with van der Waals surface area (Å²) >= 11 is 3.31. The van der Waals surface area contributed by atoms with Crippen molar-refractivity contribution < 1.29 is 18.6 Å². The Balaban J connectivity index is 2.18.